The fourth-order valence-corrected chi connectivity index (χ4v) is 3.01. The lowest BCUT2D eigenvalue weighted by Crippen LogP contribution is -2.49. The van der Waals surface area contributed by atoms with E-state index in [9.17, 15) is 19.8 Å². The van der Waals surface area contributed by atoms with Gasteiger partial charge in [-0.05, 0) is 19.9 Å². The van der Waals surface area contributed by atoms with Crippen molar-refractivity contribution in [2.24, 2.45) is 0 Å². The lowest BCUT2D eigenvalue weighted by Gasteiger charge is -2.25. The first kappa shape index (κ1) is 29.1. The van der Waals surface area contributed by atoms with E-state index >= 15 is 0 Å². The number of carboxylic acids is 2. The zero-order valence-electron chi connectivity index (χ0n) is 19.3. The Balaban J connectivity index is 0. The summed E-state index contributed by atoms with van der Waals surface area (Å²) in [6.45, 7) is 6.78. The molecular weight excluding hydrogens is 356 g/mol. The molecule has 168 valence electrons. The maximum absolute atomic E-state index is 11.2. The lowest BCUT2D eigenvalue weighted by atomic mass is 9.94. The summed E-state index contributed by atoms with van der Waals surface area (Å²) in [4.78, 5) is 21.1. The summed E-state index contributed by atoms with van der Waals surface area (Å²) in [5, 5.41) is 22.2. The number of nitrogens with one attached hydrogen (secondary N) is 1. The summed E-state index contributed by atoms with van der Waals surface area (Å²) in [5.41, 5.74) is -0.741. The molecule has 0 spiro atoms. The number of quaternary nitrogens is 1. The lowest BCUT2D eigenvalue weighted by molar-refractivity contribution is -0.864. The highest BCUT2D eigenvalue weighted by atomic mass is 16.4. The number of carbonyl (C=O) groups excluding carboxylic acids is 1. The molecule has 6 heteroatoms. The Labute approximate surface area is 173 Å². The molecule has 28 heavy (non-hydrogen) atoms. The Morgan fingerprint density at radius 1 is 0.893 bits per heavy atom. The van der Waals surface area contributed by atoms with Crippen LogP contribution in [0.2, 0.25) is 0 Å². The highest BCUT2D eigenvalue weighted by Crippen LogP contribution is 2.17. The molecule has 2 N–H and O–H groups in total. The summed E-state index contributed by atoms with van der Waals surface area (Å²) in [6, 6.07) is 0. The van der Waals surface area contributed by atoms with Gasteiger partial charge in [0.1, 0.15) is 12.1 Å². The molecule has 1 unspecified atom stereocenters. The van der Waals surface area contributed by atoms with Crippen LogP contribution in [0.1, 0.15) is 91.4 Å². The number of rotatable bonds is 16. The van der Waals surface area contributed by atoms with E-state index in [1.165, 1.54) is 51.4 Å². The van der Waals surface area contributed by atoms with Gasteiger partial charge in [-0.25, -0.2) is 0 Å². The third-order valence-corrected chi connectivity index (χ3v) is 4.67. The minimum absolute atomic E-state index is 0.0694. The van der Waals surface area contributed by atoms with Crippen LogP contribution in [0.3, 0.4) is 0 Å². The van der Waals surface area contributed by atoms with Crippen LogP contribution < -0.4 is 10.4 Å². The molecular formula is C22H46N2O4. The average molecular weight is 403 g/mol. The van der Waals surface area contributed by atoms with E-state index in [2.05, 4.69) is 12.2 Å². The summed E-state index contributed by atoms with van der Waals surface area (Å²) >= 11 is 0. The molecule has 0 heterocycles. The second-order valence-corrected chi connectivity index (χ2v) is 8.92. The van der Waals surface area contributed by atoms with Crippen LogP contribution >= 0.6 is 0 Å². The first-order valence-corrected chi connectivity index (χ1v) is 11.0. The van der Waals surface area contributed by atoms with E-state index in [4.69, 9.17) is 0 Å². The van der Waals surface area contributed by atoms with Gasteiger partial charge in [-0.2, -0.15) is 0 Å². The van der Waals surface area contributed by atoms with E-state index in [1.54, 1.807) is 28.1 Å². The maximum Gasteiger partial charge on any atom is 0.323 e. The van der Waals surface area contributed by atoms with E-state index in [0.717, 1.165) is 19.3 Å². The van der Waals surface area contributed by atoms with Crippen molar-refractivity contribution in [3.05, 3.63) is 0 Å². The highest BCUT2D eigenvalue weighted by Gasteiger charge is 2.30. The second-order valence-electron chi connectivity index (χ2n) is 8.92. The monoisotopic (exact) mass is 402 g/mol. The summed E-state index contributed by atoms with van der Waals surface area (Å²) < 4.78 is 0.419. The van der Waals surface area contributed by atoms with Crippen LogP contribution in [0.25, 0.3) is 0 Å². The number of likely N-dealkylation sites (N-methyl/N-ethyl adjacent to an activating group) is 2. The van der Waals surface area contributed by atoms with Crippen molar-refractivity contribution in [3.63, 3.8) is 0 Å². The molecule has 0 aromatic carbocycles. The number of hydrogen-bond donors (Lipinski definition) is 2. The maximum atomic E-state index is 11.2. The molecule has 0 bridgehead atoms. The van der Waals surface area contributed by atoms with Crippen molar-refractivity contribution in [3.8, 4) is 0 Å². The van der Waals surface area contributed by atoms with Crippen LogP contribution in [0.4, 0.5) is 0 Å². The first-order valence-electron chi connectivity index (χ1n) is 11.0. The molecule has 6 nitrogen and oxygen atoms in total. The quantitative estimate of drug-likeness (QED) is 0.306. The van der Waals surface area contributed by atoms with Gasteiger partial charge in [-0.15, -0.1) is 0 Å². The van der Waals surface area contributed by atoms with Gasteiger partial charge in [0, 0.05) is 0 Å². The van der Waals surface area contributed by atoms with Gasteiger partial charge >= 0.3 is 5.97 Å². The topological polar surface area (TPSA) is 89.5 Å². The first-order chi connectivity index (χ1) is 13.0. The fraction of sp³-hybridized carbons (Fsp3) is 0.909. The van der Waals surface area contributed by atoms with E-state index in [0.29, 0.717) is 11.0 Å². The number of unbranched alkanes of at least 4 members (excludes halogenated alkanes) is 9. The zero-order valence-corrected chi connectivity index (χ0v) is 19.3. The van der Waals surface area contributed by atoms with E-state index in [1.807, 2.05) is 6.92 Å². The van der Waals surface area contributed by atoms with Gasteiger partial charge < -0.3 is 24.8 Å². The summed E-state index contributed by atoms with van der Waals surface area (Å²) in [5.74, 6) is -1.73. The highest BCUT2D eigenvalue weighted by molar-refractivity contribution is 5.78. The van der Waals surface area contributed by atoms with Crippen molar-refractivity contribution >= 4 is 11.9 Å². The zero-order chi connectivity index (χ0) is 22.1. The van der Waals surface area contributed by atoms with Gasteiger partial charge in [-0.3, -0.25) is 4.79 Å². The molecule has 1 atom stereocenters. The normalized spacial score (nSPS) is 13.4. The molecule has 0 aliphatic carbocycles. The standard InChI is InChI=1S/C17H35NO2.C5H11NO2/c1-4-6-7-8-9-10-11-12-13-14-15-17(3,16(19)20)18-5-2;1-6(2,3)4-5(7)8/h18H,4-15H2,1-3H3,(H,19,20);4H2,1-3H3. The average Bonchev–Trinajstić information content (AvgIpc) is 2.55. The van der Waals surface area contributed by atoms with Crippen LogP contribution in [-0.4, -0.2) is 61.3 Å². The Morgan fingerprint density at radius 3 is 1.61 bits per heavy atom. The smallest absolute Gasteiger partial charge is 0.323 e. The minimum atomic E-state index is -1.00. The van der Waals surface area contributed by atoms with Crippen LogP contribution in [0.15, 0.2) is 0 Å². The Bertz CT molecular complexity index is 408. The molecule has 0 aliphatic rings. The molecule has 0 saturated carbocycles. The SMILES string of the molecule is CCCCCCCCCCCCC(C)(NCC)C(=O)O.C[N+](C)(C)CC(=O)[O-]. The number of carboxylic acid groups (broad SMARTS) is 2. The number of carbonyl (C=O) groups is 2. The van der Waals surface area contributed by atoms with Crippen molar-refractivity contribution in [1.82, 2.24) is 5.32 Å². The number of aliphatic carboxylic acids is 2. The Kier molecular flexibility index (Phi) is 17.4. The predicted octanol–water partition coefficient (Wildman–Crippen LogP) is 3.19. The number of nitrogens with zero attached hydrogens (tertiary/aromatic N) is 1. The van der Waals surface area contributed by atoms with Crippen molar-refractivity contribution < 1.29 is 24.3 Å². The molecule has 0 aromatic rings. The van der Waals surface area contributed by atoms with Crippen molar-refractivity contribution in [2.45, 2.75) is 96.9 Å². The van der Waals surface area contributed by atoms with Gasteiger partial charge in [0.25, 0.3) is 0 Å². The molecule has 0 amide bonds. The second kappa shape index (κ2) is 16.8. The van der Waals surface area contributed by atoms with Crippen molar-refractivity contribution in [2.75, 3.05) is 34.2 Å². The Morgan fingerprint density at radius 2 is 1.32 bits per heavy atom. The van der Waals surface area contributed by atoms with Gasteiger partial charge in [0.15, 0.2) is 0 Å². The molecule has 0 aliphatic heterocycles. The third kappa shape index (κ3) is 19.6. The summed E-state index contributed by atoms with van der Waals surface area (Å²) in [7, 11) is 5.40. The molecule has 0 rings (SSSR count). The largest absolute Gasteiger partial charge is 0.544 e. The van der Waals surface area contributed by atoms with Crippen LogP contribution in [-0.2, 0) is 9.59 Å². The van der Waals surface area contributed by atoms with E-state index in [-0.39, 0.29) is 6.54 Å². The van der Waals surface area contributed by atoms with Gasteiger partial charge in [0.05, 0.1) is 27.1 Å². The van der Waals surface area contributed by atoms with Gasteiger partial charge in [-0.1, -0.05) is 78.1 Å². The van der Waals surface area contributed by atoms with E-state index < -0.39 is 17.5 Å². The molecule has 0 aromatic heterocycles. The fourth-order valence-electron chi connectivity index (χ4n) is 3.01. The molecule has 0 radical (unpaired) electrons. The number of hydrogen-bond acceptors (Lipinski definition) is 4. The molecule has 0 fully saturated rings. The van der Waals surface area contributed by atoms with Gasteiger partial charge in [0.2, 0.25) is 0 Å². The van der Waals surface area contributed by atoms with Crippen molar-refractivity contribution in [1.29, 1.82) is 0 Å². The third-order valence-electron chi connectivity index (χ3n) is 4.67. The Hall–Kier alpha value is -1.14. The molecule has 0 saturated heterocycles. The summed E-state index contributed by atoms with van der Waals surface area (Å²) in [6.07, 6.45) is 13.6. The minimum Gasteiger partial charge on any atom is -0.544 e. The predicted molar refractivity (Wildman–Crippen MR) is 114 cm³/mol. The van der Waals surface area contributed by atoms with Crippen LogP contribution in [0.5, 0.6) is 0 Å². The van der Waals surface area contributed by atoms with Crippen LogP contribution in [0, 0.1) is 0 Å².